The van der Waals surface area contributed by atoms with Gasteiger partial charge in [-0.15, -0.1) is 0 Å². The number of benzene rings is 1. The number of hydrogen-bond acceptors (Lipinski definition) is 1. The molecule has 0 bridgehead atoms. The summed E-state index contributed by atoms with van der Waals surface area (Å²) in [6, 6.07) is 5.90. The van der Waals surface area contributed by atoms with E-state index < -0.39 is 0 Å². The average molecular weight is 186 g/mol. The van der Waals surface area contributed by atoms with Gasteiger partial charge < -0.3 is 0 Å². The van der Waals surface area contributed by atoms with E-state index in [2.05, 4.69) is 13.0 Å². The third-order valence-electron chi connectivity index (χ3n) is 2.78. The zero-order valence-corrected chi connectivity index (χ0v) is 8.42. The number of allylic oxidation sites excluding steroid dienone is 2. The maximum atomic E-state index is 10.7. The summed E-state index contributed by atoms with van der Waals surface area (Å²) >= 11 is 0. The van der Waals surface area contributed by atoms with Gasteiger partial charge in [0.1, 0.15) is 6.29 Å². The van der Waals surface area contributed by atoms with E-state index in [1.807, 2.05) is 18.2 Å². The molecule has 0 fully saturated rings. The molecule has 14 heavy (non-hydrogen) atoms. The van der Waals surface area contributed by atoms with Gasteiger partial charge in [-0.25, -0.2) is 0 Å². The molecule has 1 aliphatic carbocycles. The average Bonchev–Trinajstić information content (AvgIpc) is 2.71. The zero-order valence-electron chi connectivity index (χ0n) is 8.42. The highest BCUT2D eigenvalue weighted by Crippen LogP contribution is 2.29. The molecule has 1 aliphatic rings. The van der Waals surface area contributed by atoms with Crippen molar-refractivity contribution >= 4 is 11.9 Å². The predicted molar refractivity (Wildman–Crippen MR) is 58.4 cm³/mol. The molecule has 1 aromatic carbocycles. The molecule has 0 radical (unpaired) electrons. The molecule has 0 saturated carbocycles. The van der Waals surface area contributed by atoms with Crippen molar-refractivity contribution in [3.05, 3.63) is 41.0 Å². The monoisotopic (exact) mass is 186 g/mol. The Morgan fingerprint density at radius 1 is 1.36 bits per heavy atom. The second-order valence-corrected chi connectivity index (χ2v) is 3.81. The van der Waals surface area contributed by atoms with Crippen molar-refractivity contribution in [1.29, 1.82) is 0 Å². The summed E-state index contributed by atoms with van der Waals surface area (Å²) in [5, 5.41) is 0. The maximum Gasteiger partial charge on any atom is 0.150 e. The fourth-order valence-corrected chi connectivity index (χ4v) is 1.97. The van der Waals surface area contributed by atoms with Crippen molar-refractivity contribution in [3.63, 3.8) is 0 Å². The molecular weight excluding hydrogens is 172 g/mol. The number of rotatable bonds is 2. The molecule has 0 aromatic heterocycles. The minimum Gasteiger partial charge on any atom is -0.298 e. The summed E-state index contributed by atoms with van der Waals surface area (Å²) in [5.41, 5.74) is 4.71. The number of aldehydes is 1. The molecular formula is C13H14O. The molecule has 1 aromatic rings. The van der Waals surface area contributed by atoms with Crippen LogP contribution in [0, 0.1) is 6.92 Å². The Hall–Kier alpha value is -1.37. The van der Waals surface area contributed by atoms with Crippen LogP contribution in [0.25, 0.3) is 5.57 Å². The highest BCUT2D eigenvalue weighted by molar-refractivity contribution is 5.79. The van der Waals surface area contributed by atoms with Crippen LogP contribution in [-0.4, -0.2) is 6.29 Å². The second kappa shape index (κ2) is 3.79. The van der Waals surface area contributed by atoms with Gasteiger partial charge in [0, 0.05) is 5.56 Å². The molecule has 0 amide bonds. The first-order valence-electron chi connectivity index (χ1n) is 5.06. The lowest BCUT2D eigenvalue weighted by atomic mass is 9.98. The number of aryl methyl sites for hydroxylation is 1. The molecule has 0 heterocycles. The van der Waals surface area contributed by atoms with Crippen molar-refractivity contribution in [2.45, 2.75) is 26.2 Å². The third kappa shape index (κ3) is 1.63. The Labute approximate surface area is 84.5 Å². The highest BCUT2D eigenvalue weighted by Gasteiger charge is 2.09. The molecule has 0 spiro atoms. The minimum atomic E-state index is 0.776. The van der Waals surface area contributed by atoms with Gasteiger partial charge in [-0.3, -0.25) is 4.79 Å². The number of carbonyl (C=O) groups excluding carboxylic acids is 1. The first kappa shape index (κ1) is 9.20. The van der Waals surface area contributed by atoms with Crippen LogP contribution in [0.2, 0.25) is 0 Å². The van der Waals surface area contributed by atoms with Gasteiger partial charge in [0.25, 0.3) is 0 Å². The summed E-state index contributed by atoms with van der Waals surface area (Å²) in [4.78, 5) is 10.7. The van der Waals surface area contributed by atoms with E-state index >= 15 is 0 Å². The second-order valence-electron chi connectivity index (χ2n) is 3.81. The first-order chi connectivity index (χ1) is 6.81. The lowest BCUT2D eigenvalue weighted by Gasteiger charge is -2.07. The molecule has 0 N–H and O–H groups in total. The topological polar surface area (TPSA) is 17.1 Å². The van der Waals surface area contributed by atoms with Crippen molar-refractivity contribution in [2.24, 2.45) is 0 Å². The SMILES string of the molecule is Cc1ccc(C=O)cc1C1=CCCC1. The summed E-state index contributed by atoms with van der Waals surface area (Å²) < 4.78 is 0. The smallest absolute Gasteiger partial charge is 0.150 e. The zero-order chi connectivity index (χ0) is 9.97. The van der Waals surface area contributed by atoms with E-state index in [1.165, 1.54) is 29.5 Å². The fourth-order valence-electron chi connectivity index (χ4n) is 1.97. The minimum absolute atomic E-state index is 0.776. The van der Waals surface area contributed by atoms with Crippen LogP contribution in [0.1, 0.15) is 40.7 Å². The van der Waals surface area contributed by atoms with Crippen molar-refractivity contribution in [3.8, 4) is 0 Å². The van der Waals surface area contributed by atoms with Gasteiger partial charge in [-0.05, 0) is 49.0 Å². The van der Waals surface area contributed by atoms with Crippen LogP contribution in [0.15, 0.2) is 24.3 Å². The van der Waals surface area contributed by atoms with Gasteiger partial charge >= 0.3 is 0 Å². The van der Waals surface area contributed by atoms with Gasteiger partial charge in [0.15, 0.2) is 0 Å². The van der Waals surface area contributed by atoms with E-state index in [4.69, 9.17) is 0 Å². The normalized spacial score (nSPS) is 15.4. The Balaban J connectivity index is 2.44. The van der Waals surface area contributed by atoms with E-state index in [0.717, 1.165) is 18.3 Å². The van der Waals surface area contributed by atoms with Gasteiger partial charge in [0.05, 0.1) is 0 Å². The molecule has 1 heteroatoms. The van der Waals surface area contributed by atoms with Crippen LogP contribution >= 0.6 is 0 Å². The molecule has 0 unspecified atom stereocenters. The largest absolute Gasteiger partial charge is 0.298 e. The molecule has 2 rings (SSSR count). The highest BCUT2D eigenvalue weighted by atomic mass is 16.1. The third-order valence-corrected chi connectivity index (χ3v) is 2.78. The standard InChI is InChI=1S/C13H14O/c1-10-6-7-11(9-14)8-13(10)12-4-2-3-5-12/h4,6-9H,2-3,5H2,1H3. The Kier molecular flexibility index (Phi) is 2.49. The lowest BCUT2D eigenvalue weighted by Crippen LogP contribution is -1.89. The van der Waals surface area contributed by atoms with Crippen LogP contribution in [0.4, 0.5) is 0 Å². The molecule has 0 saturated heterocycles. The van der Waals surface area contributed by atoms with Crippen LogP contribution < -0.4 is 0 Å². The fraction of sp³-hybridized carbons (Fsp3) is 0.308. The van der Waals surface area contributed by atoms with Crippen molar-refractivity contribution in [2.75, 3.05) is 0 Å². The predicted octanol–water partition coefficient (Wildman–Crippen LogP) is 3.37. The van der Waals surface area contributed by atoms with E-state index in [9.17, 15) is 4.79 Å². The van der Waals surface area contributed by atoms with Gasteiger partial charge in [0.2, 0.25) is 0 Å². The number of carbonyl (C=O) groups is 1. The maximum absolute atomic E-state index is 10.7. The number of hydrogen-bond donors (Lipinski definition) is 0. The van der Waals surface area contributed by atoms with E-state index in [1.54, 1.807) is 0 Å². The molecule has 0 aliphatic heterocycles. The molecule has 1 nitrogen and oxygen atoms in total. The Morgan fingerprint density at radius 3 is 2.86 bits per heavy atom. The Morgan fingerprint density at radius 2 is 2.21 bits per heavy atom. The lowest BCUT2D eigenvalue weighted by molar-refractivity contribution is 0.112. The summed E-state index contributed by atoms with van der Waals surface area (Å²) in [6.07, 6.45) is 6.79. The van der Waals surface area contributed by atoms with Gasteiger partial charge in [-0.2, -0.15) is 0 Å². The quantitative estimate of drug-likeness (QED) is 0.647. The van der Waals surface area contributed by atoms with Crippen molar-refractivity contribution < 1.29 is 4.79 Å². The van der Waals surface area contributed by atoms with Gasteiger partial charge in [-0.1, -0.05) is 18.2 Å². The Bertz CT molecular complexity index is 388. The molecule has 72 valence electrons. The summed E-state index contributed by atoms with van der Waals surface area (Å²) in [5.74, 6) is 0. The van der Waals surface area contributed by atoms with E-state index in [-0.39, 0.29) is 0 Å². The van der Waals surface area contributed by atoms with Crippen LogP contribution in [0.3, 0.4) is 0 Å². The summed E-state index contributed by atoms with van der Waals surface area (Å²) in [7, 11) is 0. The van der Waals surface area contributed by atoms with Crippen molar-refractivity contribution in [1.82, 2.24) is 0 Å². The van der Waals surface area contributed by atoms with E-state index in [0.29, 0.717) is 0 Å². The molecule has 0 atom stereocenters. The van der Waals surface area contributed by atoms with Crippen LogP contribution in [0.5, 0.6) is 0 Å². The summed E-state index contributed by atoms with van der Waals surface area (Å²) in [6.45, 7) is 2.10. The van der Waals surface area contributed by atoms with Crippen LogP contribution in [-0.2, 0) is 0 Å². The first-order valence-corrected chi connectivity index (χ1v) is 5.06.